The molecule has 1 heterocycles. The molecule has 1 atom stereocenters. The Morgan fingerprint density at radius 1 is 1.47 bits per heavy atom. The Bertz CT molecular complexity index is 257. The maximum atomic E-state index is 11.8. The van der Waals surface area contributed by atoms with E-state index in [-0.39, 0.29) is 28.9 Å². The highest BCUT2D eigenvalue weighted by atomic mass is 32.2. The lowest BCUT2D eigenvalue weighted by atomic mass is 10.0. The molecule has 15 heavy (non-hydrogen) atoms. The van der Waals surface area contributed by atoms with Crippen molar-refractivity contribution in [2.75, 3.05) is 12.3 Å². The van der Waals surface area contributed by atoms with E-state index in [9.17, 15) is 9.59 Å². The maximum Gasteiger partial charge on any atom is 0.236 e. The van der Waals surface area contributed by atoms with Gasteiger partial charge in [-0.05, 0) is 25.5 Å². The van der Waals surface area contributed by atoms with Gasteiger partial charge in [-0.2, -0.15) is 0 Å². The summed E-state index contributed by atoms with van der Waals surface area (Å²) in [5.74, 6) is 1.14. The van der Waals surface area contributed by atoms with Crippen LogP contribution in [0.4, 0.5) is 0 Å². The van der Waals surface area contributed by atoms with Crippen LogP contribution < -0.4 is 5.32 Å². The molecule has 1 aliphatic rings. The van der Waals surface area contributed by atoms with Crippen molar-refractivity contribution in [2.45, 2.75) is 38.4 Å². The summed E-state index contributed by atoms with van der Waals surface area (Å²) in [5, 5.41) is 2.74. The molecule has 1 unspecified atom stereocenters. The normalized spacial score (nSPS) is 25.6. The molecule has 4 heteroatoms. The molecule has 1 fully saturated rings. The molecular weight excluding hydrogens is 210 g/mol. The van der Waals surface area contributed by atoms with Gasteiger partial charge in [0.05, 0.1) is 11.3 Å². The summed E-state index contributed by atoms with van der Waals surface area (Å²) in [6.45, 7) is 5.83. The number of carbonyl (C=O) groups is 2. The van der Waals surface area contributed by atoms with Crippen molar-refractivity contribution in [3.63, 3.8) is 0 Å². The molecule has 0 aromatic rings. The molecule has 0 radical (unpaired) electrons. The quantitative estimate of drug-likeness (QED) is 0.796. The van der Waals surface area contributed by atoms with Gasteiger partial charge in [0.15, 0.2) is 5.78 Å². The third-order valence-electron chi connectivity index (χ3n) is 2.77. The highest BCUT2D eigenvalue weighted by molar-refractivity contribution is 8.01. The zero-order valence-corrected chi connectivity index (χ0v) is 10.4. The van der Waals surface area contributed by atoms with Gasteiger partial charge in [-0.15, -0.1) is 11.8 Å². The Morgan fingerprint density at radius 2 is 2.13 bits per heavy atom. The average Bonchev–Trinajstić information content (AvgIpc) is 2.62. The number of hydrogen-bond acceptors (Lipinski definition) is 3. The first-order valence-electron chi connectivity index (χ1n) is 5.41. The van der Waals surface area contributed by atoms with Crippen LogP contribution in [0, 0.1) is 5.92 Å². The Kier molecular flexibility index (Phi) is 4.20. The molecule has 1 N–H and O–H groups in total. The number of hydrogen-bond donors (Lipinski definition) is 1. The smallest absolute Gasteiger partial charge is 0.236 e. The summed E-state index contributed by atoms with van der Waals surface area (Å²) < 4.78 is -0.308. The van der Waals surface area contributed by atoms with Crippen LogP contribution in [0.1, 0.15) is 33.6 Å². The fraction of sp³-hybridized carbons (Fsp3) is 0.818. The standard InChI is InChI=1S/C11H19NO2S/c1-8(2)9(13)7-12-10(14)11(3)5-4-6-15-11/h8H,4-7H2,1-3H3,(H,12,14). The maximum absolute atomic E-state index is 11.8. The predicted octanol–water partition coefficient (Wildman–Crippen LogP) is 1.61. The second-order valence-electron chi connectivity index (χ2n) is 4.49. The number of amides is 1. The minimum atomic E-state index is -0.308. The molecular formula is C11H19NO2S. The van der Waals surface area contributed by atoms with Crippen LogP contribution in [0.15, 0.2) is 0 Å². The van der Waals surface area contributed by atoms with Gasteiger partial charge in [0, 0.05) is 5.92 Å². The lowest BCUT2D eigenvalue weighted by Crippen LogP contribution is -2.43. The number of thioether (sulfide) groups is 1. The summed E-state index contributed by atoms with van der Waals surface area (Å²) in [6, 6.07) is 0. The fourth-order valence-electron chi connectivity index (χ4n) is 1.52. The monoisotopic (exact) mass is 229 g/mol. The van der Waals surface area contributed by atoms with Crippen LogP contribution in [0.3, 0.4) is 0 Å². The van der Waals surface area contributed by atoms with Gasteiger partial charge in [0.1, 0.15) is 0 Å². The third kappa shape index (κ3) is 3.23. The first-order chi connectivity index (χ1) is 6.96. The fourth-order valence-corrected chi connectivity index (χ4v) is 2.75. The van der Waals surface area contributed by atoms with Gasteiger partial charge in [0.2, 0.25) is 5.91 Å². The summed E-state index contributed by atoms with van der Waals surface area (Å²) in [4.78, 5) is 23.2. The van der Waals surface area contributed by atoms with Crippen LogP contribution in [-0.2, 0) is 9.59 Å². The second kappa shape index (κ2) is 5.01. The van der Waals surface area contributed by atoms with Gasteiger partial charge in [0.25, 0.3) is 0 Å². The Hall–Kier alpha value is -0.510. The van der Waals surface area contributed by atoms with Crippen molar-refractivity contribution in [3.05, 3.63) is 0 Å². The molecule has 1 aliphatic heterocycles. The van der Waals surface area contributed by atoms with Crippen molar-refractivity contribution < 1.29 is 9.59 Å². The average molecular weight is 229 g/mol. The molecule has 0 saturated carbocycles. The molecule has 0 aromatic heterocycles. The van der Waals surface area contributed by atoms with E-state index in [0.717, 1.165) is 18.6 Å². The van der Waals surface area contributed by atoms with Crippen LogP contribution in [0.25, 0.3) is 0 Å². The Labute approximate surface area is 95.4 Å². The van der Waals surface area contributed by atoms with Crippen molar-refractivity contribution in [1.82, 2.24) is 5.32 Å². The Balaban J connectivity index is 2.39. The minimum absolute atomic E-state index is 0.00524. The summed E-state index contributed by atoms with van der Waals surface area (Å²) in [6.07, 6.45) is 2.01. The van der Waals surface area contributed by atoms with E-state index >= 15 is 0 Å². The summed E-state index contributed by atoms with van der Waals surface area (Å²) in [5.41, 5.74) is 0. The molecule has 0 spiro atoms. The summed E-state index contributed by atoms with van der Waals surface area (Å²) >= 11 is 1.69. The zero-order valence-electron chi connectivity index (χ0n) is 9.63. The minimum Gasteiger partial charge on any atom is -0.348 e. The van der Waals surface area contributed by atoms with E-state index in [0.29, 0.717) is 0 Å². The molecule has 1 rings (SSSR count). The zero-order chi connectivity index (χ0) is 11.5. The lowest BCUT2D eigenvalue weighted by Gasteiger charge is -2.21. The van der Waals surface area contributed by atoms with Crippen molar-refractivity contribution in [3.8, 4) is 0 Å². The van der Waals surface area contributed by atoms with Crippen molar-refractivity contribution in [1.29, 1.82) is 0 Å². The highest BCUT2D eigenvalue weighted by Crippen LogP contribution is 2.37. The third-order valence-corrected chi connectivity index (χ3v) is 4.29. The van der Waals surface area contributed by atoms with Crippen LogP contribution in [-0.4, -0.2) is 28.7 Å². The first-order valence-corrected chi connectivity index (χ1v) is 6.39. The lowest BCUT2D eigenvalue weighted by molar-refractivity contribution is -0.127. The Morgan fingerprint density at radius 3 is 2.60 bits per heavy atom. The van der Waals surface area contributed by atoms with Crippen molar-refractivity contribution >= 4 is 23.5 Å². The van der Waals surface area contributed by atoms with Gasteiger partial charge in [-0.3, -0.25) is 9.59 Å². The molecule has 1 saturated heterocycles. The van der Waals surface area contributed by atoms with Gasteiger partial charge in [-0.1, -0.05) is 13.8 Å². The highest BCUT2D eigenvalue weighted by Gasteiger charge is 2.37. The molecule has 0 aromatic carbocycles. The molecule has 86 valence electrons. The van der Waals surface area contributed by atoms with E-state index in [4.69, 9.17) is 0 Å². The number of carbonyl (C=O) groups excluding carboxylic acids is 2. The van der Waals surface area contributed by atoms with E-state index in [1.807, 2.05) is 20.8 Å². The summed E-state index contributed by atoms with van der Waals surface area (Å²) in [7, 11) is 0. The topological polar surface area (TPSA) is 46.2 Å². The van der Waals surface area contributed by atoms with Gasteiger partial charge in [-0.25, -0.2) is 0 Å². The van der Waals surface area contributed by atoms with Crippen molar-refractivity contribution in [2.24, 2.45) is 5.92 Å². The van der Waals surface area contributed by atoms with Crippen LogP contribution in [0.5, 0.6) is 0 Å². The van der Waals surface area contributed by atoms with Crippen LogP contribution >= 0.6 is 11.8 Å². The van der Waals surface area contributed by atoms with Gasteiger partial charge >= 0.3 is 0 Å². The number of Topliss-reactive ketones (excluding diaryl/α,β-unsaturated/α-hetero) is 1. The largest absolute Gasteiger partial charge is 0.348 e. The number of ketones is 1. The van der Waals surface area contributed by atoms with E-state index in [1.165, 1.54) is 0 Å². The van der Waals surface area contributed by atoms with E-state index in [1.54, 1.807) is 11.8 Å². The molecule has 3 nitrogen and oxygen atoms in total. The first kappa shape index (κ1) is 12.6. The number of rotatable bonds is 4. The van der Waals surface area contributed by atoms with Gasteiger partial charge < -0.3 is 5.32 Å². The van der Waals surface area contributed by atoms with E-state index < -0.39 is 0 Å². The molecule has 0 aliphatic carbocycles. The molecule has 1 amide bonds. The second-order valence-corrected chi connectivity index (χ2v) is 6.08. The van der Waals surface area contributed by atoms with Crippen LogP contribution in [0.2, 0.25) is 0 Å². The SMILES string of the molecule is CC(C)C(=O)CNC(=O)C1(C)CCCS1. The van der Waals surface area contributed by atoms with E-state index in [2.05, 4.69) is 5.32 Å². The predicted molar refractivity (Wildman–Crippen MR) is 63.0 cm³/mol. The molecule has 0 bridgehead atoms. The number of nitrogens with one attached hydrogen (secondary N) is 1.